The van der Waals surface area contributed by atoms with Crippen molar-refractivity contribution in [2.45, 2.75) is 76.7 Å². The van der Waals surface area contributed by atoms with Crippen molar-refractivity contribution in [1.29, 1.82) is 0 Å². The molecule has 1 aromatic carbocycles. The monoisotopic (exact) mass is 386 g/mol. The fraction of sp³-hybridized carbons (Fsp3) is 0.591. The van der Waals surface area contributed by atoms with Gasteiger partial charge in [0.2, 0.25) is 5.91 Å². The molecule has 1 aromatic rings. The Bertz CT molecular complexity index is 702. The summed E-state index contributed by atoms with van der Waals surface area (Å²) in [5.41, 5.74) is 0.776. The van der Waals surface area contributed by atoms with Crippen molar-refractivity contribution >= 4 is 23.5 Å². The molecular weight excluding hydrogens is 356 g/mol. The van der Waals surface area contributed by atoms with Gasteiger partial charge < -0.3 is 15.7 Å². The largest absolute Gasteiger partial charge is 0.481 e. The first-order valence-electron chi connectivity index (χ1n) is 10.4. The van der Waals surface area contributed by atoms with E-state index < -0.39 is 11.4 Å². The number of carboxylic acids is 1. The highest BCUT2D eigenvalue weighted by Crippen LogP contribution is 2.42. The predicted octanol–water partition coefficient (Wildman–Crippen LogP) is 4.11. The van der Waals surface area contributed by atoms with Crippen molar-refractivity contribution in [3.05, 3.63) is 29.8 Å². The first kappa shape index (κ1) is 20.4. The quantitative estimate of drug-likeness (QED) is 0.657. The van der Waals surface area contributed by atoms with E-state index >= 15 is 0 Å². The summed E-state index contributed by atoms with van der Waals surface area (Å²) in [6, 6.07) is 7.16. The summed E-state index contributed by atoms with van der Waals surface area (Å²) in [5, 5.41) is 15.2. The maximum atomic E-state index is 12.5. The minimum atomic E-state index is -0.840. The standard InChI is InChI=1S/C22H30N2O4/c25-19(14-22(15-20(26)27)12-4-1-5-13-22)23-18-10-8-16(9-11-18)21(28)24-17-6-2-3-7-17/h8-11,17H,1-7,12-15H2,(H,23,25)(H,24,28)(H,26,27). The molecule has 0 aromatic heterocycles. The Morgan fingerprint density at radius 3 is 2.18 bits per heavy atom. The van der Waals surface area contributed by atoms with Crippen LogP contribution in [0.2, 0.25) is 0 Å². The van der Waals surface area contributed by atoms with Gasteiger partial charge in [-0.05, 0) is 55.4 Å². The highest BCUT2D eigenvalue weighted by Gasteiger charge is 2.36. The van der Waals surface area contributed by atoms with E-state index in [9.17, 15) is 19.5 Å². The second kappa shape index (κ2) is 9.22. The third-order valence-corrected chi connectivity index (χ3v) is 6.10. The third kappa shape index (κ3) is 5.57. The lowest BCUT2D eigenvalue weighted by atomic mass is 9.69. The van der Waals surface area contributed by atoms with E-state index in [4.69, 9.17) is 0 Å². The van der Waals surface area contributed by atoms with E-state index in [1.54, 1.807) is 24.3 Å². The number of nitrogens with one attached hydrogen (secondary N) is 2. The average molecular weight is 386 g/mol. The third-order valence-electron chi connectivity index (χ3n) is 6.10. The van der Waals surface area contributed by atoms with Gasteiger partial charge in [0.15, 0.2) is 0 Å². The molecule has 3 N–H and O–H groups in total. The number of hydrogen-bond donors (Lipinski definition) is 3. The number of hydrogen-bond acceptors (Lipinski definition) is 3. The van der Waals surface area contributed by atoms with Gasteiger partial charge in [0.05, 0.1) is 6.42 Å². The molecule has 2 amide bonds. The maximum absolute atomic E-state index is 12.5. The number of rotatable bonds is 7. The topological polar surface area (TPSA) is 95.5 Å². The summed E-state index contributed by atoms with van der Waals surface area (Å²) in [6.45, 7) is 0. The molecule has 3 rings (SSSR count). The molecule has 2 aliphatic rings. The fourth-order valence-electron chi connectivity index (χ4n) is 4.63. The van der Waals surface area contributed by atoms with E-state index in [-0.39, 0.29) is 30.7 Å². The zero-order valence-corrected chi connectivity index (χ0v) is 16.3. The zero-order chi connectivity index (χ0) is 20.0. The molecule has 6 nitrogen and oxygen atoms in total. The van der Waals surface area contributed by atoms with Crippen LogP contribution >= 0.6 is 0 Å². The van der Waals surface area contributed by atoms with Crippen molar-refractivity contribution in [1.82, 2.24) is 5.32 Å². The molecule has 0 saturated heterocycles. The normalized spacial score (nSPS) is 19.1. The molecule has 0 heterocycles. The molecule has 0 unspecified atom stereocenters. The Hall–Kier alpha value is -2.37. The van der Waals surface area contributed by atoms with Gasteiger partial charge in [0, 0.05) is 23.7 Å². The van der Waals surface area contributed by atoms with Gasteiger partial charge in [0.25, 0.3) is 5.91 Å². The van der Waals surface area contributed by atoms with Gasteiger partial charge in [-0.2, -0.15) is 0 Å². The van der Waals surface area contributed by atoms with Crippen LogP contribution in [-0.4, -0.2) is 28.9 Å². The number of anilines is 1. The Kier molecular flexibility index (Phi) is 6.70. The average Bonchev–Trinajstić information content (AvgIpc) is 3.15. The molecule has 0 aliphatic heterocycles. The van der Waals surface area contributed by atoms with Crippen LogP contribution in [0.15, 0.2) is 24.3 Å². The lowest BCUT2D eigenvalue weighted by Crippen LogP contribution is -2.32. The first-order valence-corrected chi connectivity index (χ1v) is 10.4. The summed E-state index contributed by atoms with van der Waals surface area (Å²) in [4.78, 5) is 36.1. The summed E-state index contributed by atoms with van der Waals surface area (Å²) in [5.74, 6) is -1.08. The minimum Gasteiger partial charge on any atom is -0.481 e. The molecule has 2 aliphatic carbocycles. The highest BCUT2D eigenvalue weighted by atomic mass is 16.4. The van der Waals surface area contributed by atoms with Gasteiger partial charge in [0.1, 0.15) is 0 Å². The summed E-state index contributed by atoms with van der Waals surface area (Å²) >= 11 is 0. The lowest BCUT2D eigenvalue weighted by molar-refractivity contribution is -0.140. The van der Waals surface area contributed by atoms with Crippen molar-refractivity contribution in [3.63, 3.8) is 0 Å². The summed E-state index contributed by atoms with van der Waals surface area (Å²) in [6.07, 6.45) is 9.31. The Balaban J connectivity index is 1.55. The van der Waals surface area contributed by atoms with Gasteiger partial charge in [-0.25, -0.2) is 0 Å². The second-order valence-electron chi connectivity index (χ2n) is 8.39. The number of amides is 2. The molecule has 0 radical (unpaired) electrons. The molecule has 0 spiro atoms. The maximum Gasteiger partial charge on any atom is 0.303 e. The molecule has 2 saturated carbocycles. The van der Waals surface area contributed by atoms with E-state index in [1.807, 2.05) is 0 Å². The zero-order valence-electron chi connectivity index (χ0n) is 16.3. The Morgan fingerprint density at radius 2 is 1.57 bits per heavy atom. The molecule has 2 fully saturated rings. The van der Waals surface area contributed by atoms with Gasteiger partial charge in [-0.1, -0.05) is 32.1 Å². The van der Waals surface area contributed by atoms with E-state index in [1.165, 1.54) is 12.8 Å². The van der Waals surface area contributed by atoms with Crippen molar-refractivity contribution in [3.8, 4) is 0 Å². The number of benzene rings is 1. The highest BCUT2D eigenvalue weighted by molar-refractivity contribution is 5.96. The van der Waals surface area contributed by atoms with Crippen LogP contribution in [0, 0.1) is 5.41 Å². The number of carbonyl (C=O) groups excluding carboxylic acids is 2. The van der Waals surface area contributed by atoms with Crippen LogP contribution in [0.4, 0.5) is 5.69 Å². The first-order chi connectivity index (χ1) is 13.5. The van der Waals surface area contributed by atoms with E-state index in [2.05, 4.69) is 10.6 Å². The van der Waals surface area contributed by atoms with Crippen LogP contribution in [-0.2, 0) is 9.59 Å². The van der Waals surface area contributed by atoms with E-state index in [0.717, 1.165) is 44.9 Å². The molecular formula is C22H30N2O4. The minimum absolute atomic E-state index is 0.0424. The second-order valence-corrected chi connectivity index (χ2v) is 8.39. The molecule has 28 heavy (non-hydrogen) atoms. The van der Waals surface area contributed by atoms with E-state index in [0.29, 0.717) is 11.3 Å². The predicted molar refractivity (Wildman–Crippen MR) is 107 cm³/mol. The van der Waals surface area contributed by atoms with Crippen LogP contribution in [0.5, 0.6) is 0 Å². The van der Waals surface area contributed by atoms with Crippen molar-refractivity contribution in [2.24, 2.45) is 5.41 Å². The van der Waals surface area contributed by atoms with Crippen LogP contribution in [0.3, 0.4) is 0 Å². The van der Waals surface area contributed by atoms with Crippen molar-refractivity contribution in [2.75, 3.05) is 5.32 Å². The van der Waals surface area contributed by atoms with Gasteiger partial charge in [-0.15, -0.1) is 0 Å². The number of carbonyl (C=O) groups is 3. The number of aliphatic carboxylic acids is 1. The van der Waals surface area contributed by atoms with Crippen LogP contribution < -0.4 is 10.6 Å². The smallest absolute Gasteiger partial charge is 0.303 e. The SMILES string of the molecule is O=C(O)CC1(CC(=O)Nc2ccc(C(=O)NC3CCCC3)cc2)CCCCC1. The fourth-order valence-corrected chi connectivity index (χ4v) is 4.63. The molecule has 6 heteroatoms. The van der Waals surface area contributed by atoms with Crippen LogP contribution in [0.25, 0.3) is 0 Å². The summed E-state index contributed by atoms with van der Waals surface area (Å²) in [7, 11) is 0. The molecule has 152 valence electrons. The van der Waals surface area contributed by atoms with Crippen molar-refractivity contribution < 1.29 is 19.5 Å². The lowest BCUT2D eigenvalue weighted by Gasteiger charge is -2.35. The Labute approximate surface area is 166 Å². The van der Waals surface area contributed by atoms with Gasteiger partial charge >= 0.3 is 5.97 Å². The number of carboxylic acid groups (broad SMARTS) is 1. The molecule has 0 bridgehead atoms. The van der Waals surface area contributed by atoms with Gasteiger partial charge in [-0.3, -0.25) is 14.4 Å². The van der Waals surface area contributed by atoms with Crippen LogP contribution in [0.1, 0.15) is 81.0 Å². The summed E-state index contributed by atoms with van der Waals surface area (Å²) < 4.78 is 0. The Morgan fingerprint density at radius 1 is 0.929 bits per heavy atom. The molecule has 0 atom stereocenters.